The maximum Gasteiger partial charge on any atom is 0.418 e. The van der Waals surface area contributed by atoms with Crippen molar-refractivity contribution >= 4 is 46.6 Å². The average molecular weight is 491 g/mol. The molecule has 0 spiro atoms. The largest absolute Gasteiger partial charge is 0.484 e. The van der Waals surface area contributed by atoms with E-state index in [-0.39, 0.29) is 18.0 Å². The molecule has 0 radical (unpaired) electrons. The summed E-state index contributed by atoms with van der Waals surface area (Å²) in [5.41, 5.74) is -1.21. The van der Waals surface area contributed by atoms with Crippen molar-refractivity contribution in [2.24, 2.45) is 7.05 Å². The molecule has 0 atom stereocenters. The van der Waals surface area contributed by atoms with Crippen LogP contribution in [0.2, 0.25) is 10.0 Å². The molecule has 0 bridgehead atoms. The standard InChI is InChI=1S/C19H15Cl2F3N4O2S/c1-28-16(9-30-15-7-6-11(20)8-13(15)21)26-27-18(28)31-10-17(29)25-14-5-3-2-4-12(14)19(22,23)24/h2-8H,9-10H2,1H3,(H,25,29). The van der Waals surface area contributed by atoms with Crippen LogP contribution in [0.5, 0.6) is 5.75 Å². The van der Waals surface area contributed by atoms with Gasteiger partial charge in [0.25, 0.3) is 0 Å². The number of alkyl halides is 3. The Morgan fingerprint density at radius 2 is 1.94 bits per heavy atom. The molecule has 0 aliphatic heterocycles. The summed E-state index contributed by atoms with van der Waals surface area (Å²) in [6, 6.07) is 9.59. The maximum absolute atomic E-state index is 13.0. The number of nitrogens with zero attached hydrogens (tertiary/aromatic N) is 3. The number of nitrogens with one attached hydrogen (secondary N) is 1. The Labute approximate surface area is 189 Å². The highest BCUT2D eigenvalue weighted by atomic mass is 35.5. The number of carbonyl (C=O) groups excluding carboxylic acids is 1. The van der Waals surface area contributed by atoms with Gasteiger partial charge in [-0.3, -0.25) is 4.79 Å². The number of halogens is 5. The highest BCUT2D eigenvalue weighted by molar-refractivity contribution is 7.99. The van der Waals surface area contributed by atoms with E-state index >= 15 is 0 Å². The van der Waals surface area contributed by atoms with E-state index in [1.54, 1.807) is 29.8 Å². The van der Waals surface area contributed by atoms with Crippen LogP contribution < -0.4 is 10.1 Å². The molecule has 0 fully saturated rings. The molecule has 164 valence electrons. The molecule has 31 heavy (non-hydrogen) atoms. The van der Waals surface area contributed by atoms with Gasteiger partial charge in [-0.15, -0.1) is 10.2 Å². The number of amides is 1. The van der Waals surface area contributed by atoms with Crippen LogP contribution >= 0.6 is 35.0 Å². The Bertz CT molecular complexity index is 1090. The summed E-state index contributed by atoms with van der Waals surface area (Å²) >= 11 is 12.9. The van der Waals surface area contributed by atoms with Gasteiger partial charge in [-0.2, -0.15) is 13.2 Å². The number of para-hydroxylation sites is 1. The number of benzene rings is 2. The first kappa shape index (κ1) is 23.2. The predicted octanol–water partition coefficient (Wildman–Crippen LogP) is 5.45. The second kappa shape index (κ2) is 9.80. The van der Waals surface area contributed by atoms with Gasteiger partial charge in [-0.05, 0) is 30.3 Å². The fourth-order valence-corrected chi connectivity index (χ4v) is 3.68. The van der Waals surface area contributed by atoms with E-state index in [0.717, 1.165) is 17.8 Å². The highest BCUT2D eigenvalue weighted by Crippen LogP contribution is 2.34. The third kappa shape index (κ3) is 6.05. The van der Waals surface area contributed by atoms with Crippen LogP contribution in [0.4, 0.5) is 18.9 Å². The van der Waals surface area contributed by atoms with Gasteiger partial charge < -0.3 is 14.6 Å². The van der Waals surface area contributed by atoms with E-state index in [2.05, 4.69) is 15.5 Å². The van der Waals surface area contributed by atoms with Crippen molar-refractivity contribution in [3.8, 4) is 5.75 Å². The molecule has 0 aliphatic rings. The van der Waals surface area contributed by atoms with E-state index < -0.39 is 17.6 Å². The Morgan fingerprint density at radius 3 is 2.65 bits per heavy atom. The van der Waals surface area contributed by atoms with Crippen LogP contribution in [0.1, 0.15) is 11.4 Å². The number of hydrogen-bond acceptors (Lipinski definition) is 5. The van der Waals surface area contributed by atoms with Gasteiger partial charge in [0.1, 0.15) is 12.4 Å². The third-order valence-corrected chi connectivity index (χ3v) is 5.57. The monoisotopic (exact) mass is 490 g/mol. The molecule has 0 saturated carbocycles. The molecule has 1 N–H and O–H groups in total. The molecular weight excluding hydrogens is 476 g/mol. The normalized spacial score (nSPS) is 11.4. The smallest absolute Gasteiger partial charge is 0.418 e. The van der Waals surface area contributed by atoms with Crippen molar-refractivity contribution in [1.82, 2.24) is 14.8 Å². The van der Waals surface area contributed by atoms with E-state index in [1.165, 1.54) is 18.2 Å². The highest BCUT2D eigenvalue weighted by Gasteiger charge is 2.33. The number of aromatic nitrogens is 3. The molecule has 2 aromatic carbocycles. The number of anilines is 1. The van der Waals surface area contributed by atoms with Crippen molar-refractivity contribution in [1.29, 1.82) is 0 Å². The molecule has 3 rings (SSSR count). The number of rotatable bonds is 7. The summed E-state index contributed by atoms with van der Waals surface area (Å²) in [7, 11) is 1.68. The molecule has 0 unspecified atom stereocenters. The quantitative estimate of drug-likeness (QED) is 0.446. The Hall–Kier alpha value is -2.43. The lowest BCUT2D eigenvalue weighted by Crippen LogP contribution is -2.18. The van der Waals surface area contributed by atoms with Crippen LogP contribution in [0.3, 0.4) is 0 Å². The molecular formula is C19H15Cl2F3N4O2S. The lowest BCUT2D eigenvalue weighted by molar-refractivity contribution is -0.137. The lowest BCUT2D eigenvalue weighted by Gasteiger charge is -2.13. The Morgan fingerprint density at radius 1 is 1.19 bits per heavy atom. The zero-order valence-electron chi connectivity index (χ0n) is 15.9. The van der Waals surface area contributed by atoms with Gasteiger partial charge in [0.05, 0.1) is 22.0 Å². The van der Waals surface area contributed by atoms with E-state index in [9.17, 15) is 18.0 Å². The van der Waals surface area contributed by atoms with Crippen molar-refractivity contribution < 1.29 is 22.7 Å². The summed E-state index contributed by atoms with van der Waals surface area (Å²) in [5.74, 6) is 0.139. The van der Waals surface area contributed by atoms with E-state index in [4.69, 9.17) is 27.9 Å². The first-order chi connectivity index (χ1) is 14.6. The van der Waals surface area contributed by atoms with E-state index in [0.29, 0.717) is 26.8 Å². The summed E-state index contributed by atoms with van der Waals surface area (Å²) in [5, 5.41) is 11.5. The zero-order chi connectivity index (χ0) is 22.6. The SMILES string of the molecule is Cn1c(COc2ccc(Cl)cc2Cl)nnc1SCC(=O)Nc1ccccc1C(F)(F)F. The number of ether oxygens (including phenoxy) is 1. The Kier molecular flexibility index (Phi) is 7.34. The fraction of sp³-hybridized carbons (Fsp3) is 0.211. The van der Waals surface area contributed by atoms with Crippen molar-refractivity contribution in [2.75, 3.05) is 11.1 Å². The average Bonchev–Trinajstić information content (AvgIpc) is 3.05. The minimum atomic E-state index is -4.57. The molecule has 1 heterocycles. The summed E-state index contributed by atoms with van der Waals surface area (Å²) in [6.07, 6.45) is -4.57. The topological polar surface area (TPSA) is 69.0 Å². The lowest BCUT2D eigenvalue weighted by atomic mass is 10.1. The van der Waals surface area contributed by atoms with Gasteiger partial charge in [-0.1, -0.05) is 47.1 Å². The summed E-state index contributed by atoms with van der Waals surface area (Å²) in [6.45, 7) is 0.0660. The molecule has 1 aromatic heterocycles. The molecule has 0 saturated heterocycles. The molecule has 0 aliphatic carbocycles. The second-order valence-electron chi connectivity index (χ2n) is 6.20. The van der Waals surface area contributed by atoms with Crippen LogP contribution in [-0.2, 0) is 24.6 Å². The number of carbonyl (C=O) groups is 1. The Balaban J connectivity index is 1.58. The maximum atomic E-state index is 13.0. The zero-order valence-corrected chi connectivity index (χ0v) is 18.2. The van der Waals surface area contributed by atoms with Gasteiger partial charge in [0.15, 0.2) is 11.0 Å². The molecule has 3 aromatic rings. The van der Waals surface area contributed by atoms with Crippen LogP contribution in [0.25, 0.3) is 0 Å². The predicted molar refractivity (Wildman–Crippen MR) is 113 cm³/mol. The third-order valence-electron chi connectivity index (χ3n) is 4.01. The minimum absolute atomic E-state index is 0.0660. The van der Waals surface area contributed by atoms with Gasteiger partial charge in [0.2, 0.25) is 5.91 Å². The van der Waals surface area contributed by atoms with E-state index in [1.807, 2.05) is 0 Å². The summed E-state index contributed by atoms with van der Waals surface area (Å²) < 4.78 is 46.4. The summed E-state index contributed by atoms with van der Waals surface area (Å²) in [4.78, 5) is 12.2. The molecule has 1 amide bonds. The number of hydrogen-bond donors (Lipinski definition) is 1. The second-order valence-corrected chi connectivity index (χ2v) is 7.99. The molecule has 6 nitrogen and oxygen atoms in total. The number of thioether (sulfide) groups is 1. The van der Waals surface area contributed by atoms with Crippen LogP contribution in [0, 0.1) is 0 Å². The fourth-order valence-electron chi connectivity index (χ4n) is 2.49. The first-order valence-corrected chi connectivity index (χ1v) is 10.4. The van der Waals surface area contributed by atoms with Gasteiger partial charge >= 0.3 is 6.18 Å². The van der Waals surface area contributed by atoms with Crippen molar-refractivity contribution in [3.05, 3.63) is 63.9 Å². The van der Waals surface area contributed by atoms with Crippen molar-refractivity contribution in [3.63, 3.8) is 0 Å². The van der Waals surface area contributed by atoms with Crippen LogP contribution in [-0.4, -0.2) is 26.4 Å². The van der Waals surface area contributed by atoms with Crippen LogP contribution in [0.15, 0.2) is 47.6 Å². The van der Waals surface area contributed by atoms with Gasteiger partial charge in [0, 0.05) is 12.1 Å². The van der Waals surface area contributed by atoms with Crippen molar-refractivity contribution in [2.45, 2.75) is 17.9 Å². The molecule has 12 heteroatoms. The van der Waals surface area contributed by atoms with Gasteiger partial charge in [-0.25, -0.2) is 0 Å². The first-order valence-electron chi connectivity index (χ1n) is 8.70. The minimum Gasteiger partial charge on any atom is -0.484 e.